The number of methoxy groups -OCH3 is 1. The summed E-state index contributed by atoms with van der Waals surface area (Å²) in [5.41, 5.74) is 5.04. The summed E-state index contributed by atoms with van der Waals surface area (Å²) in [6.07, 6.45) is 1.59. The lowest BCUT2D eigenvalue weighted by Crippen LogP contribution is -2.09. The zero-order chi connectivity index (χ0) is 14.1. The van der Waals surface area contributed by atoms with Crippen molar-refractivity contribution in [1.82, 2.24) is 9.97 Å². The Morgan fingerprint density at radius 3 is 2.84 bits per heavy atom. The SMILES string of the molecule is COCCOCCCOc1nc(N)ncc1[N+](=O)[O-]. The maximum atomic E-state index is 10.7. The third kappa shape index (κ3) is 5.44. The summed E-state index contributed by atoms with van der Waals surface area (Å²) in [6, 6.07) is 0. The molecular weight excluding hydrogens is 256 g/mol. The fourth-order valence-electron chi connectivity index (χ4n) is 1.18. The minimum absolute atomic E-state index is 0.0723. The molecule has 9 nitrogen and oxygen atoms in total. The topological polar surface area (TPSA) is 123 Å². The molecule has 0 atom stereocenters. The van der Waals surface area contributed by atoms with E-state index < -0.39 is 4.92 Å². The van der Waals surface area contributed by atoms with Crippen LogP contribution in [0.15, 0.2) is 6.20 Å². The molecule has 0 aliphatic carbocycles. The number of nitrogens with zero attached hydrogens (tertiary/aromatic N) is 3. The molecular formula is C10H16N4O5. The Hall–Kier alpha value is -2.00. The van der Waals surface area contributed by atoms with Crippen LogP contribution in [-0.4, -0.2) is 48.4 Å². The Bertz CT molecular complexity index is 415. The minimum atomic E-state index is -0.621. The summed E-state index contributed by atoms with van der Waals surface area (Å²) >= 11 is 0. The molecule has 0 aliphatic rings. The van der Waals surface area contributed by atoms with Gasteiger partial charge in [-0.3, -0.25) is 10.1 Å². The Morgan fingerprint density at radius 2 is 2.16 bits per heavy atom. The highest BCUT2D eigenvalue weighted by Gasteiger charge is 2.17. The van der Waals surface area contributed by atoms with Crippen molar-refractivity contribution in [1.29, 1.82) is 0 Å². The van der Waals surface area contributed by atoms with Gasteiger partial charge in [-0.05, 0) is 0 Å². The maximum absolute atomic E-state index is 10.7. The monoisotopic (exact) mass is 272 g/mol. The largest absolute Gasteiger partial charge is 0.473 e. The number of anilines is 1. The molecule has 0 unspecified atom stereocenters. The van der Waals surface area contributed by atoms with Crippen LogP contribution in [0, 0.1) is 10.1 Å². The van der Waals surface area contributed by atoms with E-state index in [1.54, 1.807) is 7.11 Å². The van der Waals surface area contributed by atoms with Gasteiger partial charge < -0.3 is 19.9 Å². The quantitative estimate of drug-likeness (QED) is 0.389. The number of aromatic nitrogens is 2. The lowest BCUT2D eigenvalue weighted by molar-refractivity contribution is -0.386. The number of ether oxygens (including phenoxy) is 3. The number of hydrogen-bond donors (Lipinski definition) is 1. The second-order valence-electron chi connectivity index (χ2n) is 3.48. The Balaban J connectivity index is 2.36. The molecule has 0 saturated carbocycles. The molecule has 1 aromatic rings. The smallest absolute Gasteiger partial charge is 0.349 e. The van der Waals surface area contributed by atoms with Crippen molar-refractivity contribution >= 4 is 11.6 Å². The van der Waals surface area contributed by atoms with Crippen LogP contribution in [0.4, 0.5) is 11.6 Å². The molecule has 106 valence electrons. The molecule has 0 aliphatic heterocycles. The summed E-state index contributed by atoms with van der Waals surface area (Å²) in [5.74, 6) is -0.202. The predicted octanol–water partition coefficient (Wildman–Crippen LogP) is 0.399. The first-order chi connectivity index (χ1) is 9.15. The van der Waals surface area contributed by atoms with Gasteiger partial charge in [-0.25, -0.2) is 4.98 Å². The van der Waals surface area contributed by atoms with Gasteiger partial charge in [0, 0.05) is 20.1 Å². The highest BCUT2D eigenvalue weighted by Crippen LogP contribution is 2.23. The lowest BCUT2D eigenvalue weighted by Gasteiger charge is -2.06. The van der Waals surface area contributed by atoms with Gasteiger partial charge in [-0.2, -0.15) is 4.98 Å². The van der Waals surface area contributed by atoms with Gasteiger partial charge in [0.15, 0.2) is 0 Å². The molecule has 19 heavy (non-hydrogen) atoms. The predicted molar refractivity (Wildman–Crippen MR) is 65.9 cm³/mol. The van der Waals surface area contributed by atoms with Crippen LogP contribution in [0.1, 0.15) is 6.42 Å². The first kappa shape index (κ1) is 15.1. The Morgan fingerprint density at radius 1 is 1.37 bits per heavy atom. The van der Waals surface area contributed by atoms with Gasteiger partial charge in [-0.15, -0.1) is 0 Å². The van der Waals surface area contributed by atoms with Gasteiger partial charge in [-0.1, -0.05) is 0 Å². The van der Waals surface area contributed by atoms with Crippen LogP contribution in [-0.2, 0) is 9.47 Å². The van der Waals surface area contributed by atoms with Crippen molar-refractivity contribution in [3.8, 4) is 5.88 Å². The Labute approximate surface area is 109 Å². The van der Waals surface area contributed by atoms with E-state index in [0.717, 1.165) is 6.20 Å². The van der Waals surface area contributed by atoms with Gasteiger partial charge in [0.05, 0.1) is 24.7 Å². The van der Waals surface area contributed by atoms with E-state index in [0.29, 0.717) is 26.2 Å². The van der Waals surface area contributed by atoms with Crippen molar-refractivity contribution in [2.24, 2.45) is 0 Å². The second-order valence-corrected chi connectivity index (χ2v) is 3.48. The number of hydrogen-bond acceptors (Lipinski definition) is 8. The fraction of sp³-hybridized carbons (Fsp3) is 0.600. The first-order valence-electron chi connectivity index (χ1n) is 5.61. The molecule has 9 heteroatoms. The van der Waals surface area contributed by atoms with Gasteiger partial charge in [0.1, 0.15) is 6.20 Å². The fourth-order valence-corrected chi connectivity index (χ4v) is 1.18. The highest BCUT2D eigenvalue weighted by atomic mass is 16.6. The Kier molecular flexibility index (Phi) is 6.47. The van der Waals surface area contributed by atoms with Gasteiger partial charge in [0.25, 0.3) is 5.88 Å². The minimum Gasteiger partial charge on any atom is -0.473 e. The maximum Gasteiger partial charge on any atom is 0.349 e. The number of rotatable bonds is 9. The molecule has 0 saturated heterocycles. The van der Waals surface area contributed by atoms with Gasteiger partial charge >= 0.3 is 5.69 Å². The molecule has 0 fully saturated rings. The van der Waals surface area contributed by atoms with E-state index in [-0.39, 0.29) is 24.1 Å². The zero-order valence-electron chi connectivity index (χ0n) is 10.6. The molecule has 1 rings (SSSR count). The van der Waals surface area contributed by atoms with Crippen LogP contribution >= 0.6 is 0 Å². The van der Waals surface area contributed by atoms with Crippen molar-refractivity contribution in [2.75, 3.05) is 39.3 Å². The lowest BCUT2D eigenvalue weighted by atomic mass is 10.5. The number of nitrogens with two attached hydrogens (primary N) is 1. The second kappa shape index (κ2) is 8.16. The third-order valence-electron chi connectivity index (χ3n) is 2.05. The summed E-state index contributed by atoms with van der Waals surface area (Å²) < 4.78 is 15.2. The summed E-state index contributed by atoms with van der Waals surface area (Å²) in [4.78, 5) is 17.3. The standard InChI is InChI=1S/C10H16N4O5/c1-17-5-6-18-3-2-4-19-9-8(14(15)16)7-12-10(11)13-9/h7H,2-6H2,1H3,(H2,11,12,13). The average molecular weight is 272 g/mol. The summed E-state index contributed by atoms with van der Waals surface area (Å²) in [6.45, 7) is 1.73. The molecule has 0 amide bonds. The van der Waals surface area contributed by atoms with Crippen molar-refractivity contribution < 1.29 is 19.1 Å². The van der Waals surface area contributed by atoms with Crippen LogP contribution in [0.2, 0.25) is 0 Å². The highest BCUT2D eigenvalue weighted by molar-refractivity contribution is 5.41. The van der Waals surface area contributed by atoms with Crippen LogP contribution < -0.4 is 10.5 Å². The zero-order valence-corrected chi connectivity index (χ0v) is 10.6. The molecule has 2 N–H and O–H groups in total. The van der Waals surface area contributed by atoms with Crippen LogP contribution in [0.5, 0.6) is 5.88 Å². The van der Waals surface area contributed by atoms with E-state index in [9.17, 15) is 10.1 Å². The molecule has 1 heterocycles. The van der Waals surface area contributed by atoms with E-state index >= 15 is 0 Å². The molecule has 0 bridgehead atoms. The summed E-state index contributed by atoms with van der Waals surface area (Å²) in [5, 5.41) is 10.7. The van der Waals surface area contributed by atoms with E-state index in [1.807, 2.05) is 0 Å². The molecule has 0 spiro atoms. The van der Waals surface area contributed by atoms with E-state index in [4.69, 9.17) is 19.9 Å². The van der Waals surface area contributed by atoms with Crippen molar-refractivity contribution in [3.05, 3.63) is 16.3 Å². The van der Waals surface area contributed by atoms with Crippen LogP contribution in [0.3, 0.4) is 0 Å². The normalized spacial score (nSPS) is 10.4. The van der Waals surface area contributed by atoms with E-state index in [2.05, 4.69) is 9.97 Å². The van der Waals surface area contributed by atoms with Crippen LogP contribution in [0.25, 0.3) is 0 Å². The number of nitro groups is 1. The first-order valence-corrected chi connectivity index (χ1v) is 5.61. The van der Waals surface area contributed by atoms with E-state index in [1.165, 1.54) is 0 Å². The van der Waals surface area contributed by atoms with Crippen molar-refractivity contribution in [3.63, 3.8) is 0 Å². The average Bonchev–Trinajstić information content (AvgIpc) is 2.37. The van der Waals surface area contributed by atoms with Crippen molar-refractivity contribution in [2.45, 2.75) is 6.42 Å². The molecule has 0 aromatic carbocycles. The molecule has 0 radical (unpaired) electrons. The third-order valence-corrected chi connectivity index (χ3v) is 2.05. The summed E-state index contributed by atoms with van der Waals surface area (Å²) in [7, 11) is 1.59. The number of nitrogen functional groups attached to an aromatic ring is 1. The van der Waals surface area contributed by atoms with Gasteiger partial charge in [0.2, 0.25) is 5.95 Å². The molecule has 1 aromatic heterocycles.